The van der Waals surface area contributed by atoms with E-state index in [2.05, 4.69) is 10.3 Å². The minimum Gasteiger partial charge on any atom is -0.481 e. The fourth-order valence-electron chi connectivity index (χ4n) is 1.65. The first-order valence-electron chi connectivity index (χ1n) is 6.08. The lowest BCUT2D eigenvalue weighted by Gasteiger charge is -2.10. The van der Waals surface area contributed by atoms with Crippen molar-refractivity contribution in [2.45, 2.75) is 13.0 Å². The van der Waals surface area contributed by atoms with Crippen LogP contribution in [0.3, 0.4) is 0 Å². The van der Waals surface area contributed by atoms with E-state index >= 15 is 0 Å². The summed E-state index contributed by atoms with van der Waals surface area (Å²) < 4.78 is 5.46. The van der Waals surface area contributed by atoms with E-state index in [9.17, 15) is 4.79 Å². The molecule has 0 bridgehead atoms. The predicted molar refractivity (Wildman–Crippen MR) is 71.9 cm³/mol. The second kappa shape index (κ2) is 6.15. The minimum atomic E-state index is -0.567. The van der Waals surface area contributed by atoms with Crippen molar-refractivity contribution in [2.24, 2.45) is 0 Å². The largest absolute Gasteiger partial charge is 0.481 e. The summed E-state index contributed by atoms with van der Waals surface area (Å²) in [6, 6.07) is 9.34. The van der Waals surface area contributed by atoms with Crippen LogP contribution in [0.25, 0.3) is 10.9 Å². The molecule has 1 atom stereocenters. The van der Waals surface area contributed by atoms with Gasteiger partial charge in [0.2, 0.25) is 0 Å². The Kier molecular flexibility index (Phi) is 4.30. The van der Waals surface area contributed by atoms with Crippen LogP contribution in [0.4, 0.5) is 0 Å². The number of ether oxygens (including phenoxy) is 1. The molecule has 0 aliphatic heterocycles. The Hall–Kier alpha value is -2.14. The van der Waals surface area contributed by atoms with E-state index in [1.807, 2.05) is 24.3 Å². The van der Waals surface area contributed by atoms with Crippen molar-refractivity contribution in [3.8, 4) is 5.75 Å². The molecule has 2 N–H and O–H groups in total. The first-order chi connectivity index (χ1) is 9.16. The Morgan fingerprint density at radius 3 is 3.00 bits per heavy atom. The van der Waals surface area contributed by atoms with E-state index in [4.69, 9.17) is 9.84 Å². The molecule has 19 heavy (non-hydrogen) atoms. The summed E-state index contributed by atoms with van der Waals surface area (Å²) in [5.41, 5.74) is 0.730. The number of nitrogens with zero attached hydrogens (tertiary/aromatic N) is 1. The summed E-state index contributed by atoms with van der Waals surface area (Å²) in [6.07, 6.45) is 1.12. The molecule has 1 unspecified atom stereocenters. The smallest absolute Gasteiger partial charge is 0.258 e. The zero-order valence-electron chi connectivity index (χ0n) is 10.7. The molecule has 2 rings (SSSR count). The number of benzene rings is 1. The van der Waals surface area contributed by atoms with Crippen molar-refractivity contribution in [3.63, 3.8) is 0 Å². The Morgan fingerprint density at radius 1 is 1.42 bits per heavy atom. The third kappa shape index (κ3) is 3.66. The SMILES string of the molecule is CC(O)CNC(=O)COc1cccc2cccnc12. The van der Waals surface area contributed by atoms with Gasteiger partial charge in [0.1, 0.15) is 11.3 Å². The van der Waals surface area contributed by atoms with E-state index in [-0.39, 0.29) is 19.1 Å². The van der Waals surface area contributed by atoms with Crippen molar-refractivity contribution in [1.82, 2.24) is 10.3 Å². The summed E-state index contributed by atoms with van der Waals surface area (Å²) in [4.78, 5) is 15.7. The van der Waals surface area contributed by atoms with Gasteiger partial charge >= 0.3 is 0 Å². The summed E-state index contributed by atoms with van der Waals surface area (Å²) in [5, 5.41) is 12.6. The molecule has 0 radical (unpaired) electrons. The van der Waals surface area contributed by atoms with Crippen LogP contribution in [0.2, 0.25) is 0 Å². The minimum absolute atomic E-state index is 0.0948. The number of pyridine rings is 1. The highest BCUT2D eigenvalue weighted by molar-refractivity contribution is 5.85. The van der Waals surface area contributed by atoms with Crippen LogP contribution in [-0.4, -0.2) is 35.3 Å². The van der Waals surface area contributed by atoms with E-state index in [0.717, 1.165) is 10.9 Å². The number of aliphatic hydroxyl groups excluding tert-OH is 1. The highest BCUT2D eigenvalue weighted by Gasteiger charge is 2.07. The predicted octanol–water partition coefficient (Wildman–Crippen LogP) is 1.11. The van der Waals surface area contributed by atoms with Gasteiger partial charge in [-0.25, -0.2) is 0 Å². The average molecular weight is 260 g/mol. The topological polar surface area (TPSA) is 71.5 Å². The van der Waals surface area contributed by atoms with Gasteiger partial charge in [0.25, 0.3) is 5.91 Å². The molecule has 0 saturated carbocycles. The molecular formula is C14H16N2O3. The maximum Gasteiger partial charge on any atom is 0.258 e. The standard InChI is InChI=1S/C14H16N2O3/c1-10(17)8-16-13(18)9-19-12-6-2-4-11-5-3-7-15-14(11)12/h2-7,10,17H,8-9H2,1H3,(H,16,18). The first-order valence-corrected chi connectivity index (χ1v) is 6.08. The van der Waals surface area contributed by atoms with E-state index in [1.165, 1.54) is 0 Å². The molecule has 1 aromatic heterocycles. The zero-order valence-corrected chi connectivity index (χ0v) is 10.7. The second-order valence-corrected chi connectivity index (χ2v) is 4.27. The summed E-state index contributed by atoms with van der Waals surface area (Å²) >= 11 is 0. The van der Waals surface area contributed by atoms with Gasteiger partial charge in [-0.15, -0.1) is 0 Å². The number of amides is 1. The molecule has 0 saturated heterocycles. The monoisotopic (exact) mass is 260 g/mol. The molecule has 0 aliphatic carbocycles. The van der Waals surface area contributed by atoms with Crippen LogP contribution in [0.15, 0.2) is 36.5 Å². The van der Waals surface area contributed by atoms with Crippen LogP contribution >= 0.6 is 0 Å². The fraction of sp³-hybridized carbons (Fsp3) is 0.286. The molecule has 2 aromatic rings. The van der Waals surface area contributed by atoms with Crippen LogP contribution in [0.1, 0.15) is 6.92 Å². The average Bonchev–Trinajstić information content (AvgIpc) is 2.42. The normalized spacial score (nSPS) is 12.1. The quantitative estimate of drug-likeness (QED) is 0.844. The number of carbonyl (C=O) groups is 1. The molecule has 1 aromatic carbocycles. The summed E-state index contributed by atoms with van der Waals surface area (Å²) in [7, 11) is 0. The fourth-order valence-corrected chi connectivity index (χ4v) is 1.65. The van der Waals surface area contributed by atoms with Gasteiger partial charge in [0, 0.05) is 18.1 Å². The van der Waals surface area contributed by atoms with Gasteiger partial charge in [-0.3, -0.25) is 9.78 Å². The second-order valence-electron chi connectivity index (χ2n) is 4.27. The van der Waals surface area contributed by atoms with Gasteiger partial charge in [-0.05, 0) is 19.1 Å². The van der Waals surface area contributed by atoms with Crippen LogP contribution in [-0.2, 0) is 4.79 Å². The summed E-state index contributed by atoms with van der Waals surface area (Å²) in [6.45, 7) is 1.73. The maximum atomic E-state index is 11.5. The van der Waals surface area contributed by atoms with E-state index in [1.54, 1.807) is 19.2 Å². The Balaban J connectivity index is 2.00. The number of carbonyl (C=O) groups excluding carboxylic acids is 1. The molecular weight excluding hydrogens is 244 g/mol. The third-order valence-corrected chi connectivity index (χ3v) is 2.55. The lowest BCUT2D eigenvalue weighted by molar-refractivity contribution is -0.123. The van der Waals surface area contributed by atoms with Crippen molar-refractivity contribution < 1.29 is 14.6 Å². The Labute approximate surface area is 111 Å². The lowest BCUT2D eigenvalue weighted by atomic mass is 10.2. The van der Waals surface area contributed by atoms with Gasteiger partial charge < -0.3 is 15.2 Å². The molecule has 0 fully saturated rings. The third-order valence-electron chi connectivity index (χ3n) is 2.55. The van der Waals surface area contributed by atoms with Crippen molar-refractivity contribution in [3.05, 3.63) is 36.5 Å². The molecule has 0 spiro atoms. The number of aromatic nitrogens is 1. The molecule has 0 aliphatic rings. The number of aliphatic hydroxyl groups is 1. The van der Waals surface area contributed by atoms with Crippen LogP contribution in [0, 0.1) is 0 Å². The van der Waals surface area contributed by atoms with Crippen molar-refractivity contribution in [2.75, 3.05) is 13.2 Å². The van der Waals surface area contributed by atoms with Gasteiger partial charge in [0.15, 0.2) is 6.61 Å². The number of hydrogen-bond donors (Lipinski definition) is 2. The van der Waals surface area contributed by atoms with Gasteiger partial charge in [0.05, 0.1) is 6.10 Å². The molecule has 1 amide bonds. The van der Waals surface area contributed by atoms with Crippen LogP contribution < -0.4 is 10.1 Å². The lowest BCUT2D eigenvalue weighted by Crippen LogP contribution is -2.34. The summed E-state index contributed by atoms with van der Waals surface area (Å²) in [5.74, 6) is 0.305. The molecule has 100 valence electrons. The molecule has 5 nitrogen and oxygen atoms in total. The zero-order chi connectivity index (χ0) is 13.7. The highest BCUT2D eigenvalue weighted by atomic mass is 16.5. The molecule has 1 heterocycles. The van der Waals surface area contributed by atoms with Crippen molar-refractivity contribution >= 4 is 16.8 Å². The van der Waals surface area contributed by atoms with E-state index in [0.29, 0.717) is 5.75 Å². The maximum absolute atomic E-state index is 11.5. The Morgan fingerprint density at radius 2 is 2.21 bits per heavy atom. The number of fused-ring (bicyclic) bond motifs is 1. The van der Waals surface area contributed by atoms with Crippen molar-refractivity contribution in [1.29, 1.82) is 0 Å². The van der Waals surface area contributed by atoms with Gasteiger partial charge in [-0.1, -0.05) is 18.2 Å². The highest BCUT2D eigenvalue weighted by Crippen LogP contribution is 2.22. The molecule has 5 heteroatoms. The number of nitrogens with one attached hydrogen (secondary N) is 1. The van der Waals surface area contributed by atoms with Gasteiger partial charge in [-0.2, -0.15) is 0 Å². The van der Waals surface area contributed by atoms with Crippen LogP contribution in [0.5, 0.6) is 5.75 Å². The first kappa shape index (κ1) is 13.3. The number of rotatable bonds is 5. The number of para-hydroxylation sites is 1. The van der Waals surface area contributed by atoms with E-state index < -0.39 is 6.10 Å². The number of hydrogen-bond acceptors (Lipinski definition) is 4. The Bertz CT molecular complexity index is 564.